The van der Waals surface area contributed by atoms with Crippen molar-refractivity contribution in [3.8, 4) is 39.1 Å². The summed E-state index contributed by atoms with van der Waals surface area (Å²) in [6.07, 6.45) is 0. The average Bonchev–Trinajstić information content (AvgIpc) is 3.68. The second-order valence-corrected chi connectivity index (χ2v) is 15.5. The van der Waals surface area contributed by atoms with Crippen molar-refractivity contribution in [3.63, 3.8) is 0 Å². The Morgan fingerprint density at radius 1 is 0.418 bits per heavy atom. The lowest BCUT2D eigenvalue weighted by molar-refractivity contribution is 0.660. The van der Waals surface area contributed by atoms with E-state index in [1.807, 2.05) is 0 Å². The van der Waals surface area contributed by atoms with Gasteiger partial charge in [0.25, 0.3) is 0 Å². The Morgan fingerprint density at radius 3 is 1.65 bits per heavy atom. The Labute approximate surface area is 323 Å². The Balaban J connectivity index is 1.12. The van der Waals surface area contributed by atoms with Crippen molar-refractivity contribution in [2.45, 2.75) is 33.1 Å². The van der Waals surface area contributed by atoms with Crippen LogP contribution in [0.3, 0.4) is 0 Å². The largest absolute Gasteiger partial charge is 0.310 e. The monoisotopic (exact) mass is 706 g/mol. The summed E-state index contributed by atoms with van der Waals surface area (Å²) in [6, 6.07) is 66.8. The summed E-state index contributed by atoms with van der Waals surface area (Å²) in [4.78, 5) is 2.48. The molecule has 9 aromatic rings. The van der Waals surface area contributed by atoms with Gasteiger partial charge in [0.05, 0.1) is 16.7 Å². The van der Waals surface area contributed by atoms with Gasteiger partial charge >= 0.3 is 0 Å². The van der Waals surface area contributed by atoms with Crippen LogP contribution in [0.1, 0.15) is 36.1 Å². The van der Waals surface area contributed by atoms with E-state index in [4.69, 9.17) is 0 Å². The molecule has 0 saturated heterocycles. The third-order valence-corrected chi connectivity index (χ3v) is 11.8. The minimum Gasteiger partial charge on any atom is -0.310 e. The Bertz CT molecular complexity index is 2830. The molecular weight excluding hydrogens is 665 g/mol. The van der Waals surface area contributed by atoms with Crippen LogP contribution in [0.15, 0.2) is 182 Å². The van der Waals surface area contributed by atoms with Crippen LogP contribution in [-0.4, -0.2) is 4.57 Å². The number of fused-ring (bicyclic) bond motifs is 6. The molecule has 264 valence electrons. The number of aryl methyl sites for hydroxylation is 2. The summed E-state index contributed by atoms with van der Waals surface area (Å²) >= 11 is 0. The highest BCUT2D eigenvalue weighted by Crippen LogP contribution is 2.51. The Kier molecular flexibility index (Phi) is 7.64. The Morgan fingerprint density at radius 2 is 0.964 bits per heavy atom. The smallest absolute Gasteiger partial charge is 0.0541 e. The van der Waals surface area contributed by atoms with Crippen molar-refractivity contribution in [2.75, 3.05) is 4.90 Å². The van der Waals surface area contributed by atoms with Gasteiger partial charge in [-0.3, -0.25) is 0 Å². The molecule has 0 saturated carbocycles. The van der Waals surface area contributed by atoms with Gasteiger partial charge in [-0.1, -0.05) is 129 Å². The number of aromatic nitrogens is 1. The van der Waals surface area contributed by atoms with Gasteiger partial charge in [0.15, 0.2) is 0 Å². The van der Waals surface area contributed by atoms with Crippen LogP contribution in [0.2, 0.25) is 0 Å². The van der Waals surface area contributed by atoms with Gasteiger partial charge in [0.2, 0.25) is 0 Å². The van der Waals surface area contributed by atoms with Crippen molar-refractivity contribution in [1.29, 1.82) is 0 Å². The number of rotatable bonds is 6. The third-order valence-electron chi connectivity index (χ3n) is 11.8. The van der Waals surface area contributed by atoms with Crippen LogP contribution >= 0.6 is 0 Å². The van der Waals surface area contributed by atoms with Crippen LogP contribution in [-0.2, 0) is 5.41 Å². The molecule has 8 aromatic carbocycles. The molecule has 1 aliphatic carbocycles. The van der Waals surface area contributed by atoms with E-state index in [1.165, 1.54) is 83.1 Å². The van der Waals surface area contributed by atoms with E-state index in [1.54, 1.807) is 0 Å². The van der Waals surface area contributed by atoms with Crippen molar-refractivity contribution < 1.29 is 0 Å². The van der Waals surface area contributed by atoms with Gasteiger partial charge in [0, 0.05) is 33.2 Å². The second kappa shape index (κ2) is 12.7. The maximum atomic E-state index is 2.48. The highest BCUT2D eigenvalue weighted by molar-refractivity contribution is 6.09. The maximum Gasteiger partial charge on any atom is 0.0541 e. The van der Waals surface area contributed by atoms with Crippen molar-refractivity contribution in [1.82, 2.24) is 4.57 Å². The average molecular weight is 707 g/mol. The predicted octanol–water partition coefficient (Wildman–Crippen LogP) is 14.5. The normalized spacial score (nSPS) is 12.9. The molecule has 2 nitrogen and oxygen atoms in total. The summed E-state index contributed by atoms with van der Waals surface area (Å²) in [7, 11) is 0. The van der Waals surface area contributed by atoms with Gasteiger partial charge in [-0.05, 0) is 136 Å². The molecule has 0 spiro atoms. The number of nitrogens with zero attached hydrogens (tertiary/aromatic N) is 2. The van der Waals surface area contributed by atoms with E-state index in [0.717, 1.165) is 17.1 Å². The van der Waals surface area contributed by atoms with E-state index < -0.39 is 0 Å². The fourth-order valence-electron chi connectivity index (χ4n) is 9.17. The van der Waals surface area contributed by atoms with Crippen LogP contribution < -0.4 is 4.90 Å². The van der Waals surface area contributed by atoms with E-state index in [9.17, 15) is 0 Å². The topological polar surface area (TPSA) is 8.17 Å². The summed E-state index contributed by atoms with van der Waals surface area (Å²) in [6.45, 7) is 9.25. The van der Waals surface area contributed by atoms with Gasteiger partial charge in [-0.2, -0.15) is 0 Å². The molecule has 1 heterocycles. The van der Waals surface area contributed by atoms with Gasteiger partial charge in [0.1, 0.15) is 0 Å². The molecule has 0 atom stereocenters. The fraction of sp³-hybridized carbons (Fsp3) is 0.0943. The molecule has 2 heteroatoms. The lowest BCUT2D eigenvalue weighted by atomic mass is 9.82. The molecule has 1 aromatic heterocycles. The molecule has 0 aliphatic heterocycles. The first-order valence-electron chi connectivity index (χ1n) is 19.3. The Hall–Kier alpha value is -6.64. The number of hydrogen-bond acceptors (Lipinski definition) is 1. The minimum absolute atomic E-state index is 0.105. The number of hydrogen-bond donors (Lipinski definition) is 0. The zero-order valence-corrected chi connectivity index (χ0v) is 31.7. The zero-order valence-electron chi connectivity index (χ0n) is 31.7. The van der Waals surface area contributed by atoms with E-state index >= 15 is 0 Å². The van der Waals surface area contributed by atoms with Gasteiger partial charge in [-0.25, -0.2) is 0 Å². The molecule has 0 N–H and O–H groups in total. The molecule has 10 rings (SSSR count). The van der Waals surface area contributed by atoms with Crippen LogP contribution in [0.4, 0.5) is 17.1 Å². The molecule has 0 unspecified atom stereocenters. The molecule has 0 amide bonds. The second-order valence-electron chi connectivity index (χ2n) is 15.5. The lowest BCUT2D eigenvalue weighted by Gasteiger charge is -2.31. The van der Waals surface area contributed by atoms with Crippen molar-refractivity contribution in [2.24, 2.45) is 0 Å². The fourth-order valence-corrected chi connectivity index (χ4v) is 9.17. The first-order chi connectivity index (χ1) is 26.9. The lowest BCUT2D eigenvalue weighted by Crippen LogP contribution is -2.17. The first-order valence-corrected chi connectivity index (χ1v) is 19.3. The molecule has 0 fully saturated rings. The van der Waals surface area contributed by atoms with E-state index in [-0.39, 0.29) is 5.41 Å². The number of anilines is 3. The van der Waals surface area contributed by atoms with Gasteiger partial charge < -0.3 is 9.47 Å². The first kappa shape index (κ1) is 33.0. The van der Waals surface area contributed by atoms with E-state index in [0.29, 0.717) is 0 Å². The number of para-hydroxylation sites is 2. The summed E-state index contributed by atoms with van der Waals surface area (Å²) < 4.78 is 2.39. The predicted molar refractivity (Wildman–Crippen MR) is 233 cm³/mol. The summed E-state index contributed by atoms with van der Waals surface area (Å²) in [5.41, 5.74) is 19.7. The molecule has 55 heavy (non-hydrogen) atoms. The third kappa shape index (κ3) is 5.32. The van der Waals surface area contributed by atoms with E-state index in [2.05, 4.69) is 219 Å². The van der Waals surface area contributed by atoms with Crippen LogP contribution in [0.25, 0.3) is 60.9 Å². The molecule has 1 aliphatic rings. The van der Waals surface area contributed by atoms with Crippen LogP contribution in [0, 0.1) is 13.8 Å². The minimum atomic E-state index is -0.105. The van der Waals surface area contributed by atoms with Crippen LogP contribution in [0.5, 0.6) is 0 Å². The highest BCUT2D eigenvalue weighted by Gasteiger charge is 2.36. The molecular formula is C53H42N2. The van der Waals surface area contributed by atoms with Crippen molar-refractivity contribution >= 4 is 38.9 Å². The molecule has 0 bridgehead atoms. The molecule has 0 radical (unpaired) electrons. The summed E-state index contributed by atoms with van der Waals surface area (Å²) in [5.74, 6) is 0. The zero-order chi connectivity index (χ0) is 37.3. The van der Waals surface area contributed by atoms with Crippen molar-refractivity contribution in [3.05, 3.63) is 204 Å². The summed E-state index contributed by atoms with van der Waals surface area (Å²) in [5, 5.41) is 2.54. The van der Waals surface area contributed by atoms with Gasteiger partial charge in [-0.15, -0.1) is 0 Å². The quantitative estimate of drug-likeness (QED) is 0.167. The maximum absolute atomic E-state index is 2.48. The number of benzene rings is 8. The standard InChI is InChI=1S/C53H42N2/c1-35-31-40(39-18-14-17-38(33-39)37-15-6-5-7-16-37)32-36(2)52(35)54(43-29-30-45-44-19-8-11-22-48(44)53(3,4)49(45)34-43)41-25-27-42(28-26-41)55-50-23-12-9-20-46(50)47-21-10-13-24-51(47)55/h5-34H,1-4H3. The SMILES string of the molecule is Cc1cc(-c2cccc(-c3ccccc3)c2)cc(C)c1N(c1ccc(-n2c3ccccc3c3ccccc32)cc1)c1ccc2c(c1)C(C)(C)c1ccccc1-2. The highest BCUT2D eigenvalue weighted by atomic mass is 15.1.